The van der Waals surface area contributed by atoms with Gasteiger partial charge in [-0.1, -0.05) is 53.0 Å². The standard InChI is InChI=1S/C29H28Cl3N3O6S/c1-33(2)27(36)23-10-7-13-34(23)29(18-8-5-6-9-20(18)30)19-15-21(31)22(32)16-24(19)35(28(29)37)42(38,39)26-12-11-17(40-3)14-25(26)41-4/h5-6,8-9,11-12,14-16,23H,7,10,13H2,1-4H3/t23-,29?/m0/s1. The fraction of sp³-hybridized carbons (Fsp3) is 0.310. The Hall–Kier alpha value is -3.02. The van der Waals surface area contributed by atoms with Crippen LogP contribution < -0.4 is 13.8 Å². The Morgan fingerprint density at radius 1 is 0.952 bits per heavy atom. The predicted octanol–water partition coefficient (Wildman–Crippen LogP) is 5.20. The van der Waals surface area contributed by atoms with Crippen LogP contribution in [0.25, 0.3) is 0 Å². The quantitative estimate of drug-likeness (QED) is 0.347. The van der Waals surface area contributed by atoms with Crippen molar-refractivity contribution in [1.82, 2.24) is 9.80 Å². The molecule has 1 unspecified atom stereocenters. The highest BCUT2D eigenvalue weighted by molar-refractivity contribution is 7.93. The Morgan fingerprint density at radius 2 is 1.64 bits per heavy atom. The molecule has 3 aromatic carbocycles. The van der Waals surface area contributed by atoms with Gasteiger partial charge in [-0.25, -0.2) is 12.7 Å². The van der Waals surface area contributed by atoms with E-state index in [4.69, 9.17) is 44.3 Å². The van der Waals surface area contributed by atoms with E-state index in [-0.39, 0.29) is 42.9 Å². The molecule has 9 nitrogen and oxygen atoms in total. The van der Waals surface area contributed by atoms with Gasteiger partial charge in [0.05, 0.1) is 36.0 Å². The van der Waals surface area contributed by atoms with Gasteiger partial charge in [0.2, 0.25) is 5.91 Å². The van der Waals surface area contributed by atoms with Crippen molar-refractivity contribution in [2.75, 3.05) is 39.2 Å². The van der Waals surface area contributed by atoms with Crippen molar-refractivity contribution in [1.29, 1.82) is 0 Å². The number of benzene rings is 3. The Morgan fingerprint density at radius 3 is 2.29 bits per heavy atom. The molecule has 5 rings (SSSR count). The molecule has 2 amide bonds. The highest BCUT2D eigenvalue weighted by Gasteiger charge is 2.63. The van der Waals surface area contributed by atoms with Crippen molar-refractivity contribution < 1.29 is 27.5 Å². The number of sulfonamides is 1. The first kappa shape index (κ1) is 30.4. The van der Waals surface area contributed by atoms with Gasteiger partial charge >= 0.3 is 0 Å². The average Bonchev–Trinajstić information content (AvgIpc) is 3.54. The summed E-state index contributed by atoms with van der Waals surface area (Å²) in [5, 5.41) is 0.366. The molecular formula is C29H28Cl3N3O6S. The molecule has 1 fully saturated rings. The predicted molar refractivity (Wildman–Crippen MR) is 161 cm³/mol. The average molecular weight is 653 g/mol. The number of fused-ring (bicyclic) bond motifs is 1. The summed E-state index contributed by atoms with van der Waals surface area (Å²) in [6.07, 6.45) is 1.03. The molecule has 13 heteroatoms. The van der Waals surface area contributed by atoms with Crippen LogP contribution in [0, 0.1) is 0 Å². The summed E-state index contributed by atoms with van der Waals surface area (Å²) in [4.78, 5) is 31.5. The molecule has 222 valence electrons. The van der Waals surface area contributed by atoms with Crippen LogP contribution in [0.4, 0.5) is 5.69 Å². The Bertz CT molecular complexity index is 1700. The van der Waals surface area contributed by atoms with Gasteiger partial charge in [-0.05, 0) is 43.2 Å². The molecule has 2 atom stereocenters. The van der Waals surface area contributed by atoms with Crippen LogP contribution in [0.3, 0.4) is 0 Å². The van der Waals surface area contributed by atoms with E-state index in [0.717, 1.165) is 0 Å². The second-order valence-electron chi connectivity index (χ2n) is 10.1. The zero-order valence-corrected chi connectivity index (χ0v) is 26.3. The lowest BCUT2D eigenvalue weighted by Crippen LogP contribution is -2.59. The maximum atomic E-state index is 15.1. The molecule has 0 radical (unpaired) electrons. The third kappa shape index (κ3) is 4.51. The minimum Gasteiger partial charge on any atom is -0.497 e. The highest BCUT2D eigenvalue weighted by atomic mass is 35.5. The maximum absolute atomic E-state index is 15.1. The number of methoxy groups -OCH3 is 2. The number of likely N-dealkylation sites (tertiary alicyclic amines) is 1. The van der Waals surface area contributed by atoms with Gasteiger partial charge in [0, 0.05) is 42.9 Å². The third-order valence-electron chi connectivity index (χ3n) is 7.70. The molecule has 2 heterocycles. The number of nitrogens with zero attached hydrogens (tertiary/aromatic N) is 3. The molecule has 0 bridgehead atoms. The van der Waals surface area contributed by atoms with Gasteiger partial charge in [-0.15, -0.1) is 0 Å². The minimum absolute atomic E-state index is 0.00450. The van der Waals surface area contributed by atoms with Gasteiger partial charge in [0.1, 0.15) is 16.4 Å². The zero-order valence-electron chi connectivity index (χ0n) is 23.2. The summed E-state index contributed by atoms with van der Waals surface area (Å²) in [6.45, 7) is 0.306. The largest absolute Gasteiger partial charge is 0.497 e. The molecule has 0 aromatic heterocycles. The first-order valence-corrected chi connectivity index (χ1v) is 15.5. The molecule has 0 spiro atoms. The number of amides is 2. The number of anilines is 1. The second-order valence-corrected chi connectivity index (χ2v) is 13.1. The molecule has 0 aliphatic carbocycles. The van der Waals surface area contributed by atoms with Gasteiger partial charge in [0.25, 0.3) is 15.9 Å². The van der Waals surface area contributed by atoms with E-state index in [2.05, 4.69) is 0 Å². The van der Waals surface area contributed by atoms with Gasteiger partial charge in [-0.2, -0.15) is 0 Å². The van der Waals surface area contributed by atoms with Crippen LogP contribution in [0.2, 0.25) is 15.1 Å². The highest BCUT2D eigenvalue weighted by Crippen LogP contribution is 2.55. The fourth-order valence-corrected chi connectivity index (χ4v) is 8.05. The summed E-state index contributed by atoms with van der Waals surface area (Å²) in [7, 11) is 1.39. The molecule has 42 heavy (non-hydrogen) atoms. The zero-order chi connectivity index (χ0) is 30.6. The second kappa shape index (κ2) is 11.2. The summed E-state index contributed by atoms with van der Waals surface area (Å²) in [5.74, 6) is -0.742. The van der Waals surface area contributed by atoms with Crippen molar-refractivity contribution in [3.05, 3.63) is 80.8 Å². The van der Waals surface area contributed by atoms with Crippen LogP contribution in [-0.2, 0) is 25.2 Å². The van der Waals surface area contributed by atoms with Crippen LogP contribution in [0.1, 0.15) is 24.0 Å². The smallest absolute Gasteiger partial charge is 0.274 e. The molecule has 1 saturated heterocycles. The maximum Gasteiger partial charge on any atom is 0.274 e. The number of hydrogen-bond donors (Lipinski definition) is 0. The van der Waals surface area contributed by atoms with E-state index >= 15 is 4.79 Å². The van der Waals surface area contributed by atoms with Crippen molar-refractivity contribution in [3.63, 3.8) is 0 Å². The monoisotopic (exact) mass is 651 g/mol. The van der Waals surface area contributed by atoms with Crippen LogP contribution in [0.15, 0.2) is 59.5 Å². The number of halogens is 3. The molecule has 0 saturated carbocycles. The fourth-order valence-electron chi connectivity index (χ4n) is 5.86. The Labute approximate surface area is 259 Å². The number of hydrogen-bond acceptors (Lipinski definition) is 7. The molecule has 2 aliphatic heterocycles. The number of carbonyl (C=O) groups is 2. The van der Waals surface area contributed by atoms with E-state index in [9.17, 15) is 13.2 Å². The topological polar surface area (TPSA) is 96.5 Å². The molecule has 2 aliphatic rings. The summed E-state index contributed by atoms with van der Waals surface area (Å²) >= 11 is 19.8. The van der Waals surface area contributed by atoms with E-state index in [1.807, 2.05) is 0 Å². The first-order valence-electron chi connectivity index (χ1n) is 13.0. The number of carbonyl (C=O) groups excluding carboxylic acids is 2. The van der Waals surface area contributed by atoms with E-state index in [1.54, 1.807) is 43.3 Å². The van der Waals surface area contributed by atoms with Crippen LogP contribution in [0.5, 0.6) is 11.5 Å². The summed E-state index contributed by atoms with van der Waals surface area (Å²) in [5.41, 5.74) is -1.28. The Kier molecular flexibility index (Phi) is 8.15. The van der Waals surface area contributed by atoms with Crippen molar-refractivity contribution in [2.24, 2.45) is 0 Å². The van der Waals surface area contributed by atoms with Crippen LogP contribution >= 0.6 is 34.8 Å². The number of ether oxygens (including phenoxy) is 2. The van der Waals surface area contributed by atoms with E-state index in [1.165, 1.54) is 49.5 Å². The van der Waals surface area contributed by atoms with Crippen molar-refractivity contribution in [3.8, 4) is 11.5 Å². The minimum atomic E-state index is -4.64. The number of rotatable bonds is 7. The van der Waals surface area contributed by atoms with Crippen molar-refractivity contribution in [2.45, 2.75) is 29.3 Å². The lowest BCUT2D eigenvalue weighted by Gasteiger charge is -2.42. The van der Waals surface area contributed by atoms with Gasteiger partial charge < -0.3 is 14.4 Å². The third-order valence-corrected chi connectivity index (χ3v) is 10.5. The Balaban J connectivity index is 1.86. The van der Waals surface area contributed by atoms with Gasteiger partial charge in [-0.3, -0.25) is 14.5 Å². The summed E-state index contributed by atoms with van der Waals surface area (Å²) < 4.78 is 40.4. The molecular weight excluding hydrogens is 625 g/mol. The number of likely N-dealkylation sites (N-methyl/N-ethyl adjacent to an activating group) is 1. The van der Waals surface area contributed by atoms with E-state index in [0.29, 0.717) is 35.0 Å². The SMILES string of the molecule is COc1ccc(S(=O)(=O)N2C(=O)C(c3ccccc3Cl)(N3CCC[C@H]3C(=O)N(C)C)c3cc(Cl)c(Cl)cc32)c(OC)c1. The van der Waals surface area contributed by atoms with Crippen molar-refractivity contribution >= 4 is 62.3 Å². The lowest BCUT2D eigenvalue weighted by molar-refractivity contribution is -0.138. The normalized spacial score (nSPS) is 20.5. The summed E-state index contributed by atoms with van der Waals surface area (Å²) in [6, 6.07) is 12.9. The molecule has 0 N–H and O–H groups in total. The lowest BCUT2D eigenvalue weighted by atomic mass is 9.81. The van der Waals surface area contributed by atoms with Crippen LogP contribution in [-0.4, -0.2) is 70.9 Å². The van der Waals surface area contributed by atoms with Gasteiger partial charge in [0.15, 0.2) is 5.54 Å². The van der Waals surface area contributed by atoms with E-state index < -0.39 is 27.5 Å². The first-order chi connectivity index (χ1) is 19.9. The molecule has 3 aromatic rings.